The molecule has 1 aliphatic heterocycles. The number of carbonyl (C=O) groups excluding carboxylic acids is 2. The minimum atomic E-state index is -4.61. The van der Waals surface area contributed by atoms with Crippen LogP contribution in [0.2, 0.25) is 0 Å². The lowest BCUT2D eigenvalue weighted by atomic mass is 9.92. The second-order valence-electron chi connectivity index (χ2n) is 5.55. The molecule has 0 radical (unpaired) electrons. The summed E-state index contributed by atoms with van der Waals surface area (Å²) in [6, 6.07) is 2.04. The number of hydrogen-bond acceptors (Lipinski definition) is 7. The molecule has 0 aromatic carbocycles. The molecule has 8 nitrogen and oxygen atoms in total. The van der Waals surface area contributed by atoms with Gasteiger partial charge >= 0.3 is 17.8 Å². The highest BCUT2D eigenvalue weighted by Gasteiger charge is 2.48. The maximum absolute atomic E-state index is 14.2. The number of carbonyl (C=O) groups is 2. The Bertz CT molecular complexity index is 761. The van der Waals surface area contributed by atoms with Crippen molar-refractivity contribution in [3.8, 4) is 0 Å². The van der Waals surface area contributed by atoms with Crippen LogP contribution in [0.1, 0.15) is 30.1 Å². The Hall–Kier alpha value is -2.14. The lowest BCUT2D eigenvalue weighted by molar-refractivity contribution is -0.157. The van der Waals surface area contributed by atoms with Crippen LogP contribution in [0, 0.1) is 5.92 Å². The topological polar surface area (TPSA) is 112 Å². The molecule has 0 atom stereocenters. The van der Waals surface area contributed by atoms with Crippen molar-refractivity contribution in [1.82, 2.24) is 9.71 Å². The molecule has 2 rings (SSSR count). The molecule has 0 unspecified atom stereocenters. The average Bonchev–Trinajstić information content (AvgIpc) is 2.62. The molecule has 144 valence electrons. The lowest BCUT2D eigenvalue weighted by Gasteiger charge is -2.28. The molecule has 1 amide bonds. The van der Waals surface area contributed by atoms with Crippen molar-refractivity contribution in [3.05, 3.63) is 23.9 Å². The van der Waals surface area contributed by atoms with E-state index in [0.29, 0.717) is 0 Å². The maximum Gasteiger partial charge on any atom is 0.339 e. The summed E-state index contributed by atoms with van der Waals surface area (Å²) in [5.74, 6) is -7.79. The highest BCUT2D eigenvalue weighted by molar-refractivity contribution is 7.90. The molecule has 0 aliphatic carbocycles. The van der Waals surface area contributed by atoms with Gasteiger partial charge in [0, 0.05) is 25.3 Å². The highest BCUT2D eigenvalue weighted by atomic mass is 32.2. The van der Waals surface area contributed by atoms with Gasteiger partial charge in [0.15, 0.2) is 5.03 Å². The summed E-state index contributed by atoms with van der Waals surface area (Å²) in [4.78, 5) is 26.9. The maximum atomic E-state index is 14.2. The van der Waals surface area contributed by atoms with E-state index in [4.69, 9.17) is 9.47 Å². The molecule has 26 heavy (non-hydrogen) atoms. The summed E-state index contributed by atoms with van der Waals surface area (Å²) in [6.45, 7) is 1.88. The van der Waals surface area contributed by atoms with Gasteiger partial charge in [0.25, 0.3) is 10.0 Å². The van der Waals surface area contributed by atoms with E-state index in [9.17, 15) is 26.8 Å². The molecular formula is C15H18F2N2O6S. The fraction of sp³-hybridized carbons (Fsp3) is 0.533. The van der Waals surface area contributed by atoms with Crippen molar-refractivity contribution in [2.75, 3.05) is 19.8 Å². The largest absolute Gasteiger partial charge is 0.462 e. The Labute approximate surface area is 148 Å². The monoisotopic (exact) mass is 392 g/mol. The first-order chi connectivity index (χ1) is 12.2. The number of esters is 1. The summed E-state index contributed by atoms with van der Waals surface area (Å²) >= 11 is 0. The van der Waals surface area contributed by atoms with Gasteiger partial charge in [-0.2, -0.15) is 17.2 Å². The average molecular weight is 392 g/mol. The first-order valence-corrected chi connectivity index (χ1v) is 9.32. The second kappa shape index (κ2) is 8.04. The van der Waals surface area contributed by atoms with E-state index in [-0.39, 0.29) is 38.2 Å². The van der Waals surface area contributed by atoms with E-state index in [1.54, 1.807) is 6.92 Å². The normalized spacial score (nSPS) is 16.1. The minimum Gasteiger partial charge on any atom is -0.462 e. The third-order valence-electron chi connectivity index (χ3n) is 3.79. The van der Waals surface area contributed by atoms with Gasteiger partial charge in [-0.05, 0) is 31.9 Å². The molecule has 1 aromatic heterocycles. The molecular weight excluding hydrogens is 374 g/mol. The van der Waals surface area contributed by atoms with Gasteiger partial charge < -0.3 is 9.47 Å². The zero-order valence-electron chi connectivity index (χ0n) is 13.9. The van der Waals surface area contributed by atoms with Gasteiger partial charge in [-0.1, -0.05) is 0 Å². The zero-order valence-corrected chi connectivity index (χ0v) is 14.7. The number of nitrogens with one attached hydrogen (secondary N) is 1. The van der Waals surface area contributed by atoms with Crippen molar-refractivity contribution in [2.45, 2.75) is 30.7 Å². The molecule has 1 N–H and O–H groups in total. The Kier molecular flexibility index (Phi) is 6.24. The quantitative estimate of drug-likeness (QED) is 0.722. The Morgan fingerprint density at radius 1 is 1.35 bits per heavy atom. The van der Waals surface area contributed by atoms with Crippen LogP contribution in [0.3, 0.4) is 0 Å². The molecule has 0 saturated carbocycles. The highest BCUT2D eigenvalue weighted by Crippen LogP contribution is 2.33. The number of aromatic nitrogens is 1. The van der Waals surface area contributed by atoms with Crippen LogP contribution in [0.25, 0.3) is 0 Å². The van der Waals surface area contributed by atoms with Crippen molar-refractivity contribution in [1.29, 1.82) is 0 Å². The van der Waals surface area contributed by atoms with Crippen LogP contribution in [-0.4, -0.2) is 51.0 Å². The molecule has 2 heterocycles. The van der Waals surface area contributed by atoms with Crippen molar-refractivity contribution >= 4 is 21.9 Å². The van der Waals surface area contributed by atoms with E-state index >= 15 is 0 Å². The second-order valence-corrected chi connectivity index (χ2v) is 7.18. The number of sulfonamides is 1. The van der Waals surface area contributed by atoms with Gasteiger partial charge in [0.1, 0.15) is 0 Å². The molecule has 1 saturated heterocycles. The molecule has 11 heteroatoms. The van der Waals surface area contributed by atoms with Crippen molar-refractivity contribution in [3.63, 3.8) is 0 Å². The number of amides is 1. The summed E-state index contributed by atoms with van der Waals surface area (Å²) in [5.41, 5.74) is -0.00957. The third-order valence-corrected chi connectivity index (χ3v) is 5.03. The van der Waals surface area contributed by atoms with Crippen LogP contribution >= 0.6 is 0 Å². The fourth-order valence-corrected chi connectivity index (χ4v) is 3.29. The van der Waals surface area contributed by atoms with Crippen LogP contribution in [0.15, 0.2) is 23.4 Å². The minimum absolute atomic E-state index is 0.00957. The van der Waals surface area contributed by atoms with Crippen LogP contribution in [-0.2, 0) is 24.3 Å². The SMILES string of the molecule is CCOC(=O)c1ccc(S(=O)(=O)NC(=O)C(F)(F)C2CCOCC2)nc1. The predicted octanol–water partition coefficient (Wildman–Crippen LogP) is 1.13. The van der Waals surface area contributed by atoms with Gasteiger partial charge in [0.05, 0.1) is 12.2 Å². The van der Waals surface area contributed by atoms with Gasteiger partial charge in [-0.3, -0.25) is 4.79 Å². The molecule has 0 bridgehead atoms. The number of pyridine rings is 1. The number of ether oxygens (including phenoxy) is 2. The van der Waals surface area contributed by atoms with Gasteiger partial charge in [-0.15, -0.1) is 0 Å². The van der Waals surface area contributed by atoms with Gasteiger partial charge in [0.2, 0.25) is 0 Å². The number of hydrogen-bond donors (Lipinski definition) is 1. The molecule has 0 spiro atoms. The summed E-state index contributed by atoms with van der Waals surface area (Å²) in [6.07, 6.45) is 0.827. The van der Waals surface area contributed by atoms with Crippen molar-refractivity contribution in [2.24, 2.45) is 5.92 Å². The number of halogens is 2. The smallest absolute Gasteiger partial charge is 0.339 e. The van der Waals surface area contributed by atoms with Crippen LogP contribution in [0.4, 0.5) is 8.78 Å². The Morgan fingerprint density at radius 2 is 2.00 bits per heavy atom. The number of nitrogens with zero attached hydrogens (tertiary/aromatic N) is 1. The first-order valence-electron chi connectivity index (χ1n) is 7.84. The number of alkyl halides is 2. The summed E-state index contributed by atoms with van der Waals surface area (Å²) in [5, 5.41) is -0.665. The Balaban J connectivity index is 2.12. The van der Waals surface area contributed by atoms with E-state index in [2.05, 4.69) is 4.98 Å². The fourth-order valence-electron chi connectivity index (χ4n) is 2.36. The van der Waals surface area contributed by atoms with Crippen molar-refractivity contribution < 1.29 is 36.3 Å². The van der Waals surface area contributed by atoms with Gasteiger partial charge in [-0.25, -0.2) is 14.5 Å². The molecule has 1 aromatic rings. The molecule has 1 aliphatic rings. The third kappa shape index (κ3) is 4.52. The summed E-state index contributed by atoms with van der Waals surface area (Å²) < 4.78 is 63.6. The standard InChI is InChI=1S/C15H18F2N2O6S/c1-2-25-13(20)10-3-4-12(18-9-10)26(22,23)19-14(21)15(16,17)11-5-7-24-8-6-11/h3-4,9,11H,2,5-8H2,1H3,(H,19,21). The molecule has 1 fully saturated rings. The zero-order chi connectivity index (χ0) is 19.4. The van der Waals surface area contributed by atoms with Crippen LogP contribution < -0.4 is 4.72 Å². The Morgan fingerprint density at radius 3 is 2.54 bits per heavy atom. The van der Waals surface area contributed by atoms with E-state index < -0.39 is 38.8 Å². The van der Waals surface area contributed by atoms with E-state index in [1.807, 2.05) is 0 Å². The first kappa shape index (κ1) is 20.2. The van der Waals surface area contributed by atoms with Crippen LogP contribution in [0.5, 0.6) is 0 Å². The predicted molar refractivity (Wildman–Crippen MR) is 84.0 cm³/mol. The number of rotatable bonds is 6. The summed E-state index contributed by atoms with van der Waals surface area (Å²) in [7, 11) is -4.61. The lowest BCUT2D eigenvalue weighted by Crippen LogP contribution is -2.49. The van der Waals surface area contributed by atoms with E-state index in [1.165, 1.54) is 4.72 Å². The van der Waals surface area contributed by atoms with E-state index in [0.717, 1.165) is 18.3 Å².